The Kier molecular flexibility index (Phi) is 6.49. The van der Waals surface area contributed by atoms with E-state index in [9.17, 15) is 19.5 Å². The largest absolute Gasteiger partial charge is 0.497 e. The van der Waals surface area contributed by atoms with Gasteiger partial charge in [-0.2, -0.15) is 0 Å². The van der Waals surface area contributed by atoms with Gasteiger partial charge in [-0.05, 0) is 49.2 Å². The second-order valence-electron chi connectivity index (χ2n) is 7.05. The van der Waals surface area contributed by atoms with Crippen molar-refractivity contribution in [2.45, 2.75) is 25.7 Å². The fourth-order valence-electron chi connectivity index (χ4n) is 3.63. The number of methoxy groups -OCH3 is 1. The van der Waals surface area contributed by atoms with E-state index in [-0.39, 0.29) is 11.8 Å². The van der Waals surface area contributed by atoms with Crippen molar-refractivity contribution in [3.05, 3.63) is 54.1 Å². The SMILES string of the molecule is COc1ccc(NC(=O)c2ccccc2NC(=O)[C@@H]2CCCC[C@@H]2C(=O)O)cc1. The molecule has 0 saturated heterocycles. The molecular formula is C22H24N2O5. The van der Waals surface area contributed by atoms with E-state index >= 15 is 0 Å². The number of rotatable bonds is 6. The molecule has 0 heterocycles. The quantitative estimate of drug-likeness (QED) is 0.689. The average Bonchev–Trinajstić information content (AvgIpc) is 2.74. The molecule has 0 aromatic heterocycles. The van der Waals surface area contributed by atoms with Crippen LogP contribution in [0.25, 0.3) is 0 Å². The molecule has 7 heteroatoms. The lowest BCUT2D eigenvalue weighted by Gasteiger charge is -2.27. The molecule has 2 aromatic carbocycles. The highest BCUT2D eigenvalue weighted by Gasteiger charge is 2.36. The zero-order valence-electron chi connectivity index (χ0n) is 16.2. The van der Waals surface area contributed by atoms with Crippen molar-refractivity contribution in [2.75, 3.05) is 17.7 Å². The van der Waals surface area contributed by atoms with Gasteiger partial charge in [0.2, 0.25) is 5.91 Å². The number of hydrogen-bond donors (Lipinski definition) is 3. The molecule has 1 aliphatic rings. The maximum absolute atomic E-state index is 12.8. The number of carbonyl (C=O) groups excluding carboxylic acids is 2. The Morgan fingerprint density at radius 2 is 1.59 bits per heavy atom. The predicted molar refractivity (Wildman–Crippen MR) is 109 cm³/mol. The summed E-state index contributed by atoms with van der Waals surface area (Å²) in [5.41, 5.74) is 1.26. The molecule has 0 unspecified atom stereocenters. The number of benzene rings is 2. The van der Waals surface area contributed by atoms with E-state index in [0.29, 0.717) is 35.5 Å². The molecule has 3 N–H and O–H groups in total. The summed E-state index contributed by atoms with van der Waals surface area (Å²) in [7, 11) is 1.56. The van der Waals surface area contributed by atoms with Crippen molar-refractivity contribution in [1.29, 1.82) is 0 Å². The first-order chi connectivity index (χ1) is 14.0. The van der Waals surface area contributed by atoms with Crippen LogP contribution in [0.3, 0.4) is 0 Å². The molecule has 1 aliphatic carbocycles. The maximum Gasteiger partial charge on any atom is 0.307 e. The van der Waals surface area contributed by atoms with Gasteiger partial charge in [0, 0.05) is 5.69 Å². The molecule has 1 saturated carbocycles. The summed E-state index contributed by atoms with van der Waals surface area (Å²) >= 11 is 0. The molecule has 0 bridgehead atoms. The summed E-state index contributed by atoms with van der Waals surface area (Å²) in [6.45, 7) is 0. The number of carboxylic acid groups (broad SMARTS) is 1. The molecular weight excluding hydrogens is 372 g/mol. The number of nitrogens with one attached hydrogen (secondary N) is 2. The Hall–Kier alpha value is -3.35. The lowest BCUT2D eigenvalue weighted by Crippen LogP contribution is -2.36. The van der Waals surface area contributed by atoms with Crippen LogP contribution in [-0.2, 0) is 9.59 Å². The first-order valence-corrected chi connectivity index (χ1v) is 9.57. The second kappa shape index (κ2) is 9.23. The van der Waals surface area contributed by atoms with Crippen molar-refractivity contribution in [3.63, 3.8) is 0 Å². The monoisotopic (exact) mass is 396 g/mol. The third-order valence-corrected chi connectivity index (χ3v) is 5.20. The number of carbonyl (C=O) groups is 3. The van der Waals surface area contributed by atoms with Gasteiger partial charge >= 0.3 is 5.97 Å². The van der Waals surface area contributed by atoms with Gasteiger partial charge in [0.25, 0.3) is 5.91 Å². The van der Waals surface area contributed by atoms with Crippen LogP contribution in [0.5, 0.6) is 5.75 Å². The second-order valence-corrected chi connectivity index (χ2v) is 7.05. The van der Waals surface area contributed by atoms with Crippen LogP contribution in [0.1, 0.15) is 36.0 Å². The Balaban J connectivity index is 1.74. The number of aliphatic carboxylic acids is 1. The summed E-state index contributed by atoms with van der Waals surface area (Å²) < 4.78 is 5.10. The lowest BCUT2D eigenvalue weighted by molar-refractivity contribution is -0.147. The first-order valence-electron chi connectivity index (χ1n) is 9.57. The van der Waals surface area contributed by atoms with Gasteiger partial charge in [0.05, 0.1) is 30.2 Å². The van der Waals surface area contributed by atoms with E-state index in [1.54, 1.807) is 55.6 Å². The molecule has 2 atom stereocenters. The minimum absolute atomic E-state index is 0.305. The van der Waals surface area contributed by atoms with Crippen molar-refractivity contribution >= 4 is 29.2 Å². The summed E-state index contributed by atoms with van der Waals surface area (Å²) in [6, 6.07) is 13.6. The molecule has 2 amide bonds. The van der Waals surface area contributed by atoms with Crippen LogP contribution < -0.4 is 15.4 Å². The minimum Gasteiger partial charge on any atom is -0.497 e. The van der Waals surface area contributed by atoms with Crippen molar-refractivity contribution in [1.82, 2.24) is 0 Å². The van der Waals surface area contributed by atoms with Gasteiger partial charge in [-0.25, -0.2) is 0 Å². The van der Waals surface area contributed by atoms with E-state index < -0.39 is 17.8 Å². The zero-order chi connectivity index (χ0) is 20.8. The topological polar surface area (TPSA) is 105 Å². The standard InChI is InChI=1S/C22H24N2O5/c1-29-15-12-10-14(11-13-15)23-21(26)18-8-4-5-9-19(18)24-20(25)16-6-2-3-7-17(16)22(27)28/h4-5,8-13,16-17H,2-3,6-7H2,1H3,(H,23,26)(H,24,25)(H,27,28)/t16-,17+/m1/s1. The van der Waals surface area contributed by atoms with Crippen molar-refractivity contribution < 1.29 is 24.2 Å². The number of carboxylic acids is 1. The van der Waals surface area contributed by atoms with Gasteiger partial charge in [-0.1, -0.05) is 25.0 Å². The highest BCUT2D eigenvalue weighted by atomic mass is 16.5. The van der Waals surface area contributed by atoms with E-state index in [0.717, 1.165) is 12.8 Å². The van der Waals surface area contributed by atoms with Gasteiger partial charge in [0.1, 0.15) is 5.75 Å². The molecule has 1 fully saturated rings. The third-order valence-electron chi connectivity index (χ3n) is 5.20. The van der Waals surface area contributed by atoms with Crippen LogP contribution in [0.15, 0.2) is 48.5 Å². The Morgan fingerprint density at radius 3 is 2.24 bits per heavy atom. The first kappa shape index (κ1) is 20.4. The summed E-state index contributed by atoms with van der Waals surface area (Å²) in [5.74, 6) is -2.29. The Bertz CT molecular complexity index is 894. The minimum atomic E-state index is -0.949. The van der Waals surface area contributed by atoms with Gasteiger partial charge in [0.15, 0.2) is 0 Å². The summed E-state index contributed by atoms with van der Waals surface area (Å²) in [6.07, 6.45) is 2.65. The molecule has 29 heavy (non-hydrogen) atoms. The maximum atomic E-state index is 12.8. The van der Waals surface area contributed by atoms with E-state index in [1.807, 2.05) is 0 Å². The van der Waals surface area contributed by atoms with Crippen LogP contribution in [0.4, 0.5) is 11.4 Å². The molecule has 7 nitrogen and oxygen atoms in total. The molecule has 152 valence electrons. The molecule has 3 rings (SSSR count). The van der Waals surface area contributed by atoms with Crippen molar-refractivity contribution in [2.24, 2.45) is 11.8 Å². The Labute approximate surface area is 169 Å². The normalized spacial score (nSPS) is 18.5. The molecule has 2 aromatic rings. The number of para-hydroxylation sites is 1. The lowest BCUT2D eigenvalue weighted by atomic mass is 9.78. The van der Waals surface area contributed by atoms with Gasteiger partial charge in [-0.3, -0.25) is 14.4 Å². The summed E-state index contributed by atoms with van der Waals surface area (Å²) in [5, 5.41) is 15.0. The molecule has 0 spiro atoms. The average molecular weight is 396 g/mol. The van der Waals surface area contributed by atoms with Crippen LogP contribution >= 0.6 is 0 Å². The smallest absolute Gasteiger partial charge is 0.307 e. The number of ether oxygens (including phenoxy) is 1. The van der Waals surface area contributed by atoms with E-state index in [2.05, 4.69) is 10.6 Å². The zero-order valence-corrected chi connectivity index (χ0v) is 16.2. The van der Waals surface area contributed by atoms with Gasteiger partial charge in [-0.15, -0.1) is 0 Å². The fraction of sp³-hybridized carbons (Fsp3) is 0.318. The highest BCUT2D eigenvalue weighted by Crippen LogP contribution is 2.31. The Morgan fingerprint density at radius 1 is 0.931 bits per heavy atom. The third kappa shape index (κ3) is 4.93. The molecule has 0 aliphatic heterocycles. The van der Waals surface area contributed by atoms with E-state index in [4.69, 9.17) is 4.74 Å². The number of amides is 2. The molecule has 0 radical (unpaired) electrons. The number of anilines is 2. The number of hydrogen-bond acceptors (Lipinski definition) is 4. The van der Waals surface area contributed by atoms with Gasteiger partial charge < -0.3 is 20.5 Å². The summed E-state index contributed by atoms with van der Waals surface area (Å²) in [4.78, 5) is 37.0. The fourth-order valence-corrected chi connectivity index (χ4v) is 3.63. The van der Waals surface area contributed by atoms with E-state index in [1.165, 1.54) is 0 Å². The predicted octanol–water partition coefficient (Wildman–Crippen LogP) is 3.78. The van der Waals surface area contributed by atoms with Crippen LogP contribution in [-0.4, -0.2) is 30.0 Å². The van der Waals surface area contributed by atoms with Crippen LogP contribution in [0.2, 0.25) is 0 Å². The van der Waals surface area contributed by atoms with Crippen LogP contribution in [0, 0.1) is 11.8 Å². The van der Waals surface area contributed by atoms with Crippen molar-refractivity contribution in [3.8, 4) is 5.75 Å². The highest BCUT2D eigenvalue weighted by molar-refractivity contribution is 6.10.